The first kappa shape index (κ1) is 20.5. The van der Waals surface area contributed by atoms with Crippen molar-refractivity contribution in [3.8, 4) is 0 Å². The zero-order valence-electron chi connectivity index (χ0n) is 16.4. The molecule has 0 spiro atoms. The Bertz CT molecular complexity index is 848. The first-order valence-corrected chi connectivity index (χ1v) is 10.2. The molecule has 4 rings (SSSR count). The van der Waals surface area contributed by atoms with Crippen molar-refractivity contribution in [1.29, 1.82) is 0 Å². The van der Waals surface area contributed by atoms with Crippen LogP contribution in [0.15, 0.2) is 18.2 Å². The van der Waals surface area contributed by atoms with Crippen molar-refractivity contribution in [3.63, 3.8) is 0 Å². The highest BCUT2D eigenvalue weighted by atomic mass is 19.1. The molecule has 0 aromatic heterocycles. The van der Waals surface area contributed by atoms with Crippen LogP contribution >= 0.6 is 0 Å². The predicted molar refractivity (Wildman–Crippen MR) is 105 cm³/mol. The van der Waals surface area contributed by atoms with Crippen LogP contribution in [0.4, 0.5) is 19.3 Å². The van der Waals surface area contributed by atoms with E-state index in [1.165, 1.54) is 0 Å². The highest BCUT2D eigenvalue weighted by molar-refractivity contribution is 5.90. The number of benzene rings is 1. The number of amides is 4. The first-order chi connectivity index (χ1) is 14.4. The second kappa shape index (κ2) is 8.55. The summed E-state index contributed by atoms with van der Waals surface area (Å²) in [4.78, 5) is 38.5. The standard InChI is InChI=1S/C20H25F2N5O3/c21-11-1-5-16(15(22)7-11)26-20(30)25-13-8-17-19(29)23-9-14(27(17)10-13)4-6-18(28)24-12-2-3-12/h1,5,7,12-14,17H,2-4,6,8-10H2,(H,23,29)(H,24,28)(H2,25,26,30). The first-order valence-electron chi connectivity index (χ1n) is 10.2. The van der Waals surface area contributed by atoms with E-state index in [0.29, 0.717) is 44.5 Å². The summed E-state index contributed by atoms with van der Waals surface area (Å²) in [5.74, 6) is -1.66. The fraction of sp³-hybridized carbons (Fsp3) is 0.550. The quantitative estimate of drug-likeness (QED) is 0.552. The topological polar surface area (TPSA) is 103 Å². The van der Waals surface area contributed by atoms with Crippen LogP contribution in [0.5, 0.6) is 0 Å². The second-order valence-electron chi connectivity index (χ2n) is 8.15. The van der Waals surface area contributed by atoms with Gasteiger partial charge in [-0.3, -0.25) is 14.5 Å². The van der Waals surface area contributed by atoms with Crippen LogP contribution < -0.4 is 21.3 Å². The minimum Gasteiger partial charge on any atom is -0.353 e. The highest BCUT2D eigenvalue weighted by Gasteiger charge is 2.43. The molecule has 4 amide bonds. The minimum absolute atomic E-state index is 0.0158. The fourth-order valence-electron chi connectivity index (χ4n) is 4.11. The van der Waals surface area contributed by atoms with Crippen LogP contribution in [0.25, 0.3) is 0 Å². The van der Waals surface area contributed by atoms with Gasteiger partial charge < -0.3 is 21.3 Å². The summed E-state index contributed by atoms with van der Waals surface area (Å²) >= 11 is 0. The van der Waals surface area contributed by atoms with Crippen molar-refractivity contribution in [1.82, 2.24) is 20.9 Å². The van der Waals surface area contributed by atoms with Gasteiger partial charge in [-0.25, -0.2) is 13.6 Å². The lowest BCUT2D eigenvalue weighted by Crippen LogP contribution is -2.58. The Labute approximate surface area is 172 Å². The smallest absolute Gasteiger partial charge is 0.319 e. The van der Waals surface area contributed by atoms with Crippen LogP contribution in [0.1, 0.15) is 32.1 Å². The van der Waals surface area contributed by atoms with Crippen molar-refractivity contribution in [3.05, 3.63) is 29.8 Å². The van der Waals surface area contributed by atoms with Gasteiger partial charge in [0.15, 0.2) is 0 Å². The van der Waals surface area contributed by atoms with Crippen LogP contribution in [0.2, 0.25) is 0 Å². The van der Waals surface area contributed by atoms with Crippen LogP contribution in [-0.2, 0) is 9.59 Å². The highest BCUT2D eigenvalue weighted by Crippen LogP contribution is 2.26. The molecule has 162 valence electrons. The average Bonchev–Trinajstić information content (AvgIpc) is 3.39. The second-order valence-corrected chi connectivity index (χ2v) is 8.15. The number of halogens is 2. The number of fused-ring (bicyclic) bond motifs is 1. The Hall–Kier alpha value is -2.75. The van der Waals surface area contributed by atoms with E-state index < -0.39 is 17.7 Å². The van der Waals surface area contributed by atoms with E-state index in [9.17, 15) is 23.2 Å². The van der Waals surface area contributed by atoms with Crippen molar-refractivity contribution in [2.45, 2.75) is 56.3 Å². The molecule has 2 saturated heterocycles. The molecule has 0 bridgehead atoms. The summed E-state index contributed by atoms with van der Waals surface area (Å²) in [5.41, 5.74) is -0.123. The van der Waals surface area contributed by atoms with E-state index in [1.807, 2.05) is 4.90 Å². The lowest BCUT2D eigenvalue weighted by Gasteiger charge is -2.37. The number of nitrogens with one attached hydrogen (secondary N) is 4. The molecule has 8 nitrogen and oxygen atoms in total. The summed E-state index contributed by atoms with van der Waals surface area (Å²) < 4.78 is 26.7. The number of carbonyl (C=O) groups is 3. The fourth-order valence-corrected chi connectivity index (χ4v) is 4.11. The van der Waals surface area contributed by atoms with Gasteiger partial charge in [0.05, 0.1) is 11.7 Å². The summed E-state index contributed by atoms with van der Waals surface area (Å²) in [6, 6.07) is 1.95. The van der Waals surface area contributed by atoms with Gasteiger partial charge in [-0.2, -0.15) is 0 Å². The number of hydrogen-bond acceptors (Lipinski definition) is 4. The molecule has 2 heterocycles. The third-order valence-electron chi connectivity index (χ3n) is 5.78. The van der Waals surface area contributed by atoms with E-state index in [2.05, 4.69) is 21.3 Å². The maximum absolute atomic E-state index is 13.7. The van der Waals surface area contributed by atoms with E-state index in [0.717, 1.165) is 25.0 Å². The minimum atomic E-state index is -0.863. The number of carbonyl (C=O) groups excluding carboxylic acids is 3. The van der Waals surface area contributed by atoms with Gasteiger partial charge >= 0.3 is 6.03 Å². The molecular weight excluding hydrogens is 396 g/mol. The van der Waals surface area contributed by atoms with Gasteiger partial charge in [0, 0.05) is 43.7 Å². The predicted octanol–water partition coefficient (Wildman–Crippen LogP) is 1.09. The molecule has 3 atom stereocenters. The van der Waals surface area contributed by atoms with Gasteiger partial charge in [0.1, 0.15) is 11.6 Å². The molecule has 4 N–H and O–H groups in total. The summed E-state index contributed by atoms with van der Waals surface area (Å²) in [6.07, 6.45) is 3.51. The van der Waals surface area contributed by atoms with E-state index in [-0.39, 0.29) is 35.6 Å². The third-order valence-corrected chi connectivity index (χ3v) is 5.78. The van der Waals surface area contributed by atoms with Crippen molar-refractivity contribution in [2.75, 3.05) is 18.4 Å². The number of piperazine rings is 1. The molecule has 3 aliphatic rings. The molecule has 1 aliphatic carbocycles. The Morgan fingerprint density at radius 3 is 2.70 bits per heavy atom. The Morgan fingerprint density at radius 2 is 1.97 bits per heavy atom. The molecule has 1 aromatic carbocycles. The van der Waals surface area contributed by atoms with Crippen molar-refractivity contribution in [2.24, 2.45) is 0 Å². The molecule has 0 radical (unpaired) electrons. The van der Waals surface area contributed by atoms with Crippen LogP contribution in [-0.4, -0.2) is 60.0 Å². The van der Waals surface area contributed by atoms with Gasteiger partial charge in [-0.1, -0.05) is 0 Å². The van der Waals surface area contributed by atoms with Gasteiger partial charge in [-0.05, 0) is 37.8 Å². The number of nitrogens with zero attached hydrogens (tertiary/aromatic N) is 1. The Morgan fingerprint density at radius 1 is 1.17 bits per heavy atom. The number of hydrogen-bond donors (Lipinski definition) is 4. The van der Waals surface area contributed by atoms with Crippen molar-refractivity contribution < 1.29 is 23.2 Å². The summed E-state index contributed by atoms with van der Waals surface area (Å²) in [7, 11) is 0. The van der Waals surface area contributed by atoms with Crippen LogP contribution in [0.3, 0.4) is 0 Å². The van der Waals surface area contributed by atoms with E-state index in [4.69, 9.17) is 0 Å². The molecule has 30 heavy (non-hydrogen) atoms. The van der Waals surface area contributed by atoms with E-state index >= 15 is 0 Å². The average molecular weight is 421 g/mol. The van der Waals surface area contributed by atoms with Gasteiger partial charge in [0.2, 0.25) is 11.8 Å². The Kier molecular flexibility index (Phi) is 5.85. The normalized spacial score (nSPS) is 25.9. The largest absolute Gasteiger partial charge is 0.353 e. The van der Waals surface area contributed by atoms with Crippen LogP contribution in [0, 0.1) is 11.6 Å². The molecule has 10 heteroatoms. The molecule has 1 saturated carbocycles. The summed E-state index contributed by atoms with van der Waals surface area (Å²) in [6.45, 7) is 0.929. The maximum atomic E-state index is 13.7. The molecule has 1 aromatic rings. The lowest BCUT2D eigenvalue weighted by molar-refractivity contribution is -0.129. The lowest BCUT2D eigenvalue weighted by atomic mass is 10.0. The number of urea groups is 1. The summed E-state index contributed by atoms with van der Waals surface area (Å²) in [5, 5.41) is 11.0. The SMILES string of the molecule is O=C(CCC1CNC(=O)C2CC(NC(=O)Nc3ccc(F)cc3F)CN12)NC1CC1. The molecular formula is C20H25F2N5O3. The molecule has 3 unspecified atom stereocenters. The third kappa shape index (κ3) is 4.86. The zero-order valence-corrected chi connectivity index (χ0v) is 16.4. The van der Waals surface area contributed by atoms with Gasteiger partial charge in [0.25, 0.3) is 0 Å². The molecule has 2 aliphatic heterocycles. The number of rotatable bonds is 6. The zero-order chi connectivity index (χ0) is 21.3. The number of anilines is 1. The van der Waals surface area contributed by atoms with Crippen molar-refractivity contribution >= 4 is 23.5 Å². The van der Waals surface area contributed by atoms with Gasteiger partial charge in [-0.15, -0.1) is 0 Å². The Balaban J connectivity index is 1.31. The maximum Gasteiger partial charge on any atom is 0.319 e. The molecule has 3 fully saturated rings. The monoisotopic (exact) mass is 421 g/mol. The van der Waals surface area contributed by atoms with E-state index in [1.54, 1.807) is 0 Å².